The fraction of sp³-hybridized carbons (Fsp3) is 0.786. The van der Waals surface area contributed by atoms with Crippen LogP contribution in [0.1, 0.15) is 47.0 Å². The molecule has 0 spiro atoms. The zero-order valence-electron chi connectivity index (χ0n) is 12.1. The minimum absolute atomic E-state index is 0.136. The van der Waals surface area contributed by atoms with Gasteiger partial charge in [-0.05, 0) is 31.6 Å². The first kappa shape index (κ1) is 17.0. The highest BCUT2D eigenvalue weighted by atomic mass is 16.3. The first-order valence-electron chi connectivity index (χ1n) is 6.60. The van der Waals surface area contributed by atoms with Gasteiger partial charge >= 0.3 is 6.03 Å². The number of carbonyl (C=O) groups is 1. The molecule has 0 aliphatic heterocycles. The minimum atomic E-state index is -0.542. The summed E-state index contributed by atoms with van der Waals surface area (Å²) >= 11 is 0. The average molecular weight is 256 g/mol. The van der Waals surface area contributed by atoms with Gasteiger partial charge in [0.15, 0.2) is 0 Å². The molecule has 2 amide bonds. The maximum absolute atomic E-state index is 11.6. The topological polar surface area (TPSA) is 61.4 Å². The standard InChI is InChI=1S/C14H28N2O2/c1-6-7-8-9-11(2)16-13(18)15-10-12(17)14(3,4)5/h6,11-12,17H,1,7-10H2,2-5H3,(H2,15,16,18). The summed E-state index contributed by atoms with van der Waals surface area (Å²) < 4.78 is 0. The number of rotatable bonds is 7. The number of hydrogen-bond acceptors (Lipinski definition) is 2. The number of urea groups is 1. The average Bonchev–Trinajstić information content (AvgIpc) is 2.24. The predicted octanol–water partition coefficient (Wildman–Crippen LogP) is 2.44. The monoisotopic (exact) mass is 256 g/mol. The molecule has 0 rings (SSSR count). The van der Waals surface area contributed by atoms with E-state index in [0.29, 0.717) is 0 Å². The van der Waals surface area contributed by atoms with Gasteiger partial charge in [-0.2, -0.15) is 0 Å². The highest BCUT2D eigenvalue weighted by molar-refractivity contribution is 5.74. The molecule has 0 aromatic heterocycles. The van der Waals surface area contributed by atoms with E-state index in [1.54, 1.807) is 0 Å². The molecule has 3 N–H and O–H groups in total. The highest BCUT2D eigenvalue weighted by Crippen LogP contribution is 2.17. The third kappa shape index (κ3) is 8.12. The van der Waals surface area contributed by atoms with Crippen molar-refractivity contribution in [1.82, 2.24) is 10.6 Å². The van der Waals surface area contributed by atoms with Crippen molar-refractivity contribution in [2.75, 3.05) is 6.54 Å². The molecular formula is C14H28N2O2. The Morgan fingerprint density at radius 2 is 2.06 bits per heavy atom. The molecule has 0 aliphatic carbocycles. The van der Waals surface area contributed by atoms with Crippen molar-refractivity contribution in [2.24, 2.45) is 5.41 Å². The predicted molar refractivity (Wildman–Crippen MR) is 75.5 cm³/mol. The van der Waals surface area contributed by atoms with Crippen molar-refractivity contribution in [2.45, 2.75) is 59.1 Å². The van der Waals surface area contributed by atoms with E-state index in [4.69, 9.17) is 0 Å². The summed E-state index contributed by atoms with van der Waals surface area (Å²) in [7, 11) is 0. The molecule has 18 heavy (non-hydrogen) atoms. The summed E-state index contributed by atoms with van der Waals surface area (Å²) in [5.74, 6) is 0. The van der Waals surface area contributed by atoms with Crippen LogP contribution in [0, 0.1) is 5.41 Å². The van der Waals surface area contributed by atoms with Crippen LogP contribution >= 0.6 is 0 Å². The zero-order chi connectivity index (χ0) is 14.2. The molecule has 2 atom stereocenters. The lowest BCUT2D eigenvalue weighted by molar-refractivity contribution is 0.0649. The zero-order valence-corrected chi connectivity index (χ0v) is 12.1. The Labute approximate surface area is 111 Å². The number of allylic oxidation sites excluding steroid dienone is 1. The second-order valence-corrected chi connectivity index (χ2v) is 5.86. The Kier molecular flexibility index (Phi) is 7.67. The van der Waals surface area contributed by atoms with Crippen molar-refractivity contribution in [3.8, 4) is 0 Å². The molecule has 0 aliphatic rings. The molecule has 4 heteroatoms. The van der Waals surface area contributed by atoms with E-state index in [0.717, 1.165) is 19.3 Å². The molecule has 0 saturated heterocycles. The van der Waals surface area contributed by atoms with E-state index in [1.807, 2.05) is 33.8 Å². The molecule has 4 nitrogen and oxygen atoms in total. The van der Waals surface area contributed by atoms with Crippen molar-refractivity contribution in [3.05, 3.63) is 12.7 Å². The molecule has 0 bridgehead atoms. The molecule has 0 heterocycles. The van der Waals surface area contributed by atoms with E-state index in [-0.39, 0.29) is 24.0 Å². The summed E-state index contributed by atoms with van der Waals surface area (Å²) in [6.45, 7) is 11.7. The van der Waals surface area contributed by atoms with Gasteiger partial charge in [0.1, 0.15) is 0 Å². The van der Waals surface area contributed by atoms with Gasteiger partial charge in [0.2, 0.25) is 0 Å². The van der Waals surface area contributed by atoms with Gasteiger partial charge in [-0.3, -0.25) is 0 Å². The molecule has 0 aromatic carbocycles. The molecule has 0 aromatic rings. The van der Waals surface area contributed by atoms with E-state index < -0.39 is 6.10 Å². The number of amides is 2. The molecule has 0 radical (unpaired) electrons. The van der Waals surface area contributed by atoms with Gasteiger partial charge < -0.3 is 15.7 Å². The van der Waals surface area contributed by atoms with Gasteiger partial charge in [-0.15, -0.1) is 6.58 Å². The third-order valence-corrected chi connectivity index (χ3v) is 2.88. The van der Waals surface area contributed by atoms with E-state index in [2.05, 4.69) is 17.2 Å². The molecular weight excluding hydrogens is 228 g/mol. The lowest BCUT2D eigenvalue weighted by Gasteiger charge is -2.26. The number of nitrogens with one attached hydrogen (secondary N) is 2. The van der Waals surface area contributed by atoms with Crippen LogP contribution in [-0.4, -0.2) is 29.8 Å². The van der Waals surface area contributed by atoms with Crippen LogP contribution in [-0.2, 0) is 0 Å². The Morgan fingerprint density at radius 3 is 2.56 bits per heavy atom. The van der Waals surface area contributed by atoms with Crippen LogP contribution in [0.5, 0.6) is 0 Å². The summed E-state index contributed by atoms with van der Waals surface area (Å²) in [5, 5.41) is 15.3. The number of unbranched alkanes of at least 4 members (excludes halogenated alkanes) is 1. The first-order valence-corrected chi connectivity index (χ1v) is 6.60. The lowest BCUT2D eigenvalue weighted by Crippen LogP contribution is -2.46. The normalized spacial score (nSPS) is 14.7. The molecule has 0 saturated carbocycles. The van der Waals surface area contributed by atoms with E-state index >= 15 is 0 Å². The number of aliphatic hydroxyl groups is 1. The fourth-order valence-electron chi connectivity index (χ4n) is 1.41. The van der Waals surface area contributed by atoms with Crippen LogP contribution < -0.4 is 10.6 Å². The van der Waals surface area contributed by atoms with Gasteiger partial charge in [0, 0.05) is 12.6 Å². The highest BCUT2D eigenvalue weighted by Gasteiger charge is 2.22. The van der Waals surface area contributed by atoms with Gasteiger partial charge in [-0.1, -0.05) is 26.8 Å². The molecule has 0 fully saturated rings. The first-order chi connectivity index (χ1) is 8.27. The maximum Gasteiger partial charge on any atom is 0.315 e. The third-order valence-electron chi connectivity index (χ3n) is 2.88. The number of aliphatic hydroxyl groups excluding tert-OH is 1. The van der Waals surface area contributed by atoms with Gasteiger partial charge in [-0.25, -0.2) is 4.79 Å². The van der Waals surface area contributed by atoms with Crippen molar-refractivity contribution >= 4 is 6.03 Å². The summed E-state index contributed by atoms with van der Waals surface area (Å²) in [4.78, 5) is 11.6. The molecule has 106 valence electrons. The smallest absolute Gasteiger partial charge is 0.315 e. The van der Waals surface area contributed by atoms with Crippen molar-refractivity contribution in [1.29, 1.82) is 0 Å². The van der Waals surface area contributed by atoms with Crippen LogP contribution in [0.2, 0.25) is 0 Å². The van der Waals surface area contributed by atoms with Crippen LogP contribution in [0.25, 0.3) is 0 Å². The van der Waals surface area contributed by atoms with Crippen LogP contribution in [0.3, 0.4) is 0 Å². The molecule has 2 unspecified atom stereocenters. The Morgan fingerprint density at radius 1 is 1.44 bits per heavy atom. The van der Waals surface area contributed by atoms with Gasteiger partial charge in [0.25, 0.3) is 0 Å². The SMILES string of the molecule is C=CCCCC(C)NC(=O)NCC(O)C(C)(C)C. The number of carbonyl (C=O) groups excluding carboxylic acids is 1. The van der Waals surface area contributed by atoms with E-state index in [9.17, 15) is 9.90 Å². The second kappa shape index (κ2) is 8.14. The Bertz CT molecular complexity index is 259. The quantitative estimate of drug-likeness (QED) is 0.484. The Hall–Kier alpha value is -1.03. The second-order valence-electron chi connectivity index (χ2n) is 5.86. The van der Waals surface area contributed by atoms with Crippen LogP contribution in [0.4, 0.5) is 4.79 Å². The lowest BCUT2D eigenvalue weighted by atomic mass is 9.89. The van der Waals surface area contributed by atoms with Crippen LogP contribution in [0.15, 0.2) is 12.7 Å². The summed E-state index contributed by atoms with van der Waals surface area (Å²) in [6.07, 6.45) is 4.26. The van der Waals surface area contributed by atoms with E-state index in [1.165, 1.54) is 0 Å². The largest absolute Gasteiger partial charge is 0.391 e. The van der Waals surface area contributed by atoms with Gasteiger partial charge in [0.05, 0.1) is 6.10 Å². The van der Waals surface area contributed by atoms with Crippen molar-refractivity contribution in [3.63, 3.8) is 0 Å². The Balaban J connectivity index is 3.80. The summed E-state index contributed by atoms with van der Waals surface area (Å²) in [6, 6.07) is -0.0823. The maximum atomic E-state index is 11.6. The minimum Gasteiger partial charge on any atom is -0.391 e. The summed E-state index contributed by atoms with van der Waals surface area (Å²) in [5.41, 5.74) is -0.219. The number of hydrogen-bond donors (Lipinski definition) is 3. The fourth-order valence-corrected chi connectivity index (χ4v) is 1.41. The van der Waals surface area contributed by atoms with Crippen molar-refractivity contribution < 1.29 is 9.90 Å².